The molecule has 0 aliphatic heterocycles. The van der Waals surface area contributed by atoms with E-state index in [2.05, 4.69) is 40.7 Å². The molecule has 0 N–H and O–H groups in total. The summed E-state index contributed by atoms with van der Waals surface area (Å²) in [5, 5.41) is 0. The summed E-state index contributed by atoms with van der Waals surface area (Å²) in [6.45, 7) is 21.6. The van der Waals surface area contributed by atoms with Crippen LogP contribution in [0.3, 0.4) is 0 Å². The van der Waals surface area contributed by atoms with E-state index in [4.69, 9.17) is 18.9 Å². The molecule has 0 radical (unpaired) electrons. The van der Waals surface area contributed by atoms with Gasteiger partial charge in [0.2, 0.25) is 0 Å². The lowest BCUT2D eigenvalue weighted by Gasteiger charge is -2.60. The number of ether oxygens (including phenoxy) is 4. The van der Waals surface area contributed by atoms with Crippen molar-refractivity contribution in [3.63, 3.8) is 0 Å². The van der Waals surface area contributed by atoms with Crippen molar-refractivity contribution < 1.29 is 23.7 Å². The number of hydrogen-bond donors (Lipinski definition) is 0. The molecule has 0 spiro atoms. The van der Waals surface area contributed by atoms with E-state index < -0.39 is 0 Å². The van der Waals surface area contributed by atoms with Crippen molar-refractivity contribution in [2.45, 2.75) is 138 Å². The Kier molecular flexibility index (Phi) is 9.58. The topological polar surface area (TPSA) is 54.0 Å². The molecule has 0 aromatic heterocycles. The Hall–Kier alpha value is -1.01. The van der Waals surface area contributed by atoms with Crippen LogP contribution in [0.4, 0.5) is 0 Å². The third-order valence-electron chi connectivity index (χ3n) is 11.5. The maximum absolute atomic E-state index is 11.6. The molecule has 39 heavy (non-hydrogen) atoms. The van der Waals surface area contributed by atoms with Gasteiger partial charge in [0.15, 0.2) is 12.6 Å². The van der Waals surface area contributed by atoms with Gasteiger partial charge in [0, 0.05) is 19.6 Å². The third kappa shape index (κ3) is 5.59. The molecule has 4 rings (SSSR count). The maximum Gasteiger partial charge on any atom is 0.155 e. The summed E-state index contributed by atoms with van der Waals surface area (Å²) in [5.74, 6) is 1.37. The first-order valence-electron chi connectivity index (χ1n) is 15.8. The second-order valence-corrected chi connectivity index (χ2v) is 13.8. The predicted molar refractivity (Wildman–Crippen MR) is 156 cm³/mol. The van der Waals surface area contributed by atoms with Gasteiger partial charge in [-0.25, -0.2) is 0 Å². The highest BCUT2D eigenvalue weighted by atomic mass is 16.7. The normalized spacial score (nSPS) is 36.7. The van der Waals surface area contributed by atoms with Gasteiger partial charge in [-0.15, -0.1) is 0 Å². The number of hydrogen-bond acceptors (Lipinski definition) is 5. The molecule has 0 heterocycles. The number of carbonyl (C=O) groups is 1. The van der Waals surface area contributed by atoms with Crippen LogP contribution in [0.5, 0.6) is 0 Å². The molecule has 222 valence electrons. The van der Waals surface area contributed by atoms with Gasteiger partial charge in [-0.1, -0.05) is 46.3 Å². The van der Waals surface area contributed by atoms with Gasteiger partial charge < -0.3 is 23.7 Å². The van der Waals surface area contributed by atoms with E-state index in [1.165, 1.54) is 32.1 Å². The minimum Gasteiger partial charge on any atom is -0.353 e. The maximum atomic E-state index is 11.6. The van der Waals surface area contributed by atoms with Crippen LogP contribution < -0.4 is 0 Å². The number of fused-ring (bicyclic) bond motifs is 4. The highest BCUT2D eigenvalue weighted by Crippen LogP contribution is 2.67. The highest BCUT2D eigenvalue weighted by molar-refractivity contribution is 5.51. The zero-order valence-electron chi connectivity index (χ0n) is 26.3. The molecule has 1 saturated carbocycles. The average Bonchev–Trinajstić information content (AvgIpc) is 3.23. The third-order valence-corrected chi connectivity index (χ3v) is 11.5. The number of rotatable bonds is 12. The minimum atomic E-state index is -0.293. The molecule has 2 unspecified atom stereocenters. The molecule has 5 nitrogen and oxygen atoms in total. The monoisotopic (exact) mass is 544 g/mol. The van der Waals surface area contributed by atoms with Gasteiger partial charge in [0.25, 0.3) is 0 Å². The number of aldehydes is 1. The van der Waals surface area contributed by atoms with E-state index in [1.807, 2.05) is 27.7 Å². The summed E-state index contributed by atoms with van der Waals surface area (Å²) < 4.78 is 24.2. The van der Waals surface area contributed by atoms with Crippen molar-refractivity contribution in [1.82, 2.24) is 0 Å². The molecule has 5 heteroatoms. The van der Waals surface area contributed by atoms with Gasteiger partial charge >= 0.3 is 0 Å². The van der Waals surface area contributed by atoms with Crippen molar-refractivity contribution in [3.05, 3.63) is 22.8 Å². The van der Waals surface area contributed by atoms with E-state index in [-0.39, 0.29) is 47.0 Å². The highest BCUT2D eigenvalue weighted by Gasteiger charge is 2.58. The Morgan fingerprint density at radius 1 is 0.949 bits per heavy atom. The van der Waals surface area contributed by atoms with Crippen molar-refractivity contribution in [3.8, 4) is 0 Å². The van der Waals surface area contributed by atoms with Gasteiger partial charge in [0.1, 0.15) is 6.29 Å². The fraction of sp³-hybridized carbons (Fsp3) is 0.853. The van der Waals surface area contributed by atoms with Crippen LogP contribution in [-0.2, 0) is 23.7 Å². The van der Waals surface area contributed by atoms with Crippen LogP contribution in [0.15, 0.2) is 22.8 Å². The SMILES string of the molecule is CCOC(C)O[C@@H](CC=O)[C@@H](C)[C@H]1CC=C2C3=C(CC[C@@]21C)[C@@]1(C)CC[C@H](OC(C)OCC)C(C)(C)[C@@H]1CC3. The Balaban J connectivity index is 1.56. The summed E-state index contributed by atoms with van der Waals surface area (Å²) in [6.07, 6.45) is 11.8. The summed E-state index contributed by atoms with van der Waals surface area (Å²) in [6, 6.07) is 0. The van der Waals surface area contributed by atoms with Crippen LogP contribution in [0.1, 0.15) is 114 Å². The van der Waals surface area contributed by atoms with Crippen molar-refractivity contribution in [2.24, 2.45) is 34.0 Å². The zero-order valence-corrected chi connectivity index (χ0v) is 26.3. The lowest BCUT2D eigenvalue weighted by atomic mass is 9.46. The van der Waals surface area contributed by atoms with Crippen LogP contribution >= 0.6 is 0 Å². The quantitative estimate of drug-likeness (QED) is 0.184. The van der Waals surface area contributed by atoms with E-state index in [0.717, 1.165) is 19.1 Å². The van der Waals surface area contributed by atoms with Crippen molar-refractivity contribution in [2.75, 3.05) is 13.2 Å². The van der Waals surface area contributed by atoms with Crippen LogP contribution in [0.2, 0.25) is 0 Å². The molecule has 9 atom stereocenters. The first-order valence-corrected chi connectivity index (χ1v) is 15.8. The van der Waals surface area contributed by atoms with Crippen molar-refractivity contribution in [1.29, 1.82) is 0 Å². The molecule has 0 amide bonds. The second-order valence-electron chi connectivity index (χ2n) is 13.8. The standard InChI is InChI=1S/C34H56O5/c1-10-36-23(4)38-29(18-21-35)22(3)26-13-14-27-25-12-15-30-32(6,7)31(39-24(5)37-11-2)17-20-34(30,9)28(25)16-19-33(26,27)8/h14,21-24,26,29-31H,10-13,15-20H2,1-9H3/t22-,23?,24?,26+,29-,30-,31-,33+,34+/m0/s1. The van der Waals surface area contributed by atoms with Gasteiger partial charge in [0.05, 0.1) is 12.2 Å². The number of carbonyl (C=O) groups excluding carboxylic acids is 1. The fourth-order valence-corrected chi connectivity index (χ4v) is 9.51. The van der Waals surface area contributed by atoms with E-state index in [9.17, 15) is 4.79 Å². The Morgan fingerprint density at radius 2 is 1.64 bits per heavy atom. The largest absolute Gasteiger partial charge is 0.353 e. The van der Waals surface area contributed by atoms with E-state index in [1.54, 1.807) is 16.7 Å². The second kappa shape index (κ2) is 12.1. The summed E-state index contributed by atoms with van der Waals surface area (Å²) in [7, 11) is 0. The first-order chi connectivity index (χ1) is 18.4. The molecule has 0 saturated heterocycles. The van der Waals surface area contributed by atoms with Gasteiger partial charge in [-0.05, 0) is 118 Å². The van der Waals surface area contributed by atoms with E-state index in [0.29, 0.717) is 31.5 Å². The number of allylic oxidation sites excluding steroid dienone is 4. The fourth-order valence-electron chi connectivity index (χ4n) is 9.51. The van der Waals surface area contributed by atoms with Crippen LogP contribution in [0, 0.1) is 34.0 Å². The van der Waals surface area contributed by atoms with Crippen LogP contribution in [0.25, 0.3) is 0 Å². The van der Waals surface area contributed by atoms with Gasteiger partial charge in [-0.3, -0.25) is 0 Å². The average molecular weight is 545 g/mol. The minimum absolute atomic E-state index is 0.107. The Bertz CT molecular complexity index is 936. The molecular formula is C34H56O5. The Labute approximate surface area is 238 Å². The van der Waals surface area contributed by atoms with Crippen molar-refractivity contribution >= 4 is 6.29 Å². The molecule has 0 aromatic rings. The van der Waals surface area contributed by atoms with E-state index >= 15 is 0 Å². The lowest BCUT2D eigenvalue weighted by molar-refractivity contribution is -0.214. The molecule has 0 aromatic carbocycles. The lowest BCUT2D eigenvalue weighted by Crippen LogP contribution is -2.54. The van der Waals surface area contributed by atoms with Gasteiger partial charge in [-0.2, -0.15) is 0 Å². The molecular weight excluding hydrogens is 488 g/mol. The summed E-state index contributed by atoms with van der Waals surface area (Å²) >= 11 is 0. The molecule has 4 aliphatic carbocycles. The summed E-state index contributed by atoms with van der Waals surface area (Å²) in [5.41, 5.74) is 5.51. The molecule has 4 aliphatic rings. The molecule has 1 fully saturated rings. The first kappa shape index (κ1) is 30.9. The zero-order chi connectivity index (χ0) is 28.6. The van der Waals surface area contributed by atoms with Crippen LogP contribution in [-0.4, -0.2) is 44.3 Å². The summed E-state index contributed by atoms with van der Waals surface area (Å²) in [4.78, 5) is 11.6. The molecule has 0 bridgehead atoms. The smallest absolute Gasteiger partial charge is 0.155 e. The Morgan fingerprint density at radius 3 is 2.31 bits per heavy atom. The predicted octanol–water partition coefficient (Wildman–Crippen LogP) is 8.03.